The third-order valence-electron chi connectivity index (χ3n) is 3.32. The van der Waals surface area contributed by atoms with Gasteiger partial charge in [0.1, 0.15) is 0 Å². The fourth-order valence-electron chi connectivity index (χ4n) is 2.04. The first-order chi connectivity index (χ1) is 9.00. The molecule has 1 heterocycles. The van der Waals surface area contributed by atoms with Gasteiger partial charge < -0.3 is 25.6 Å². The number of hydrogen-bond donors (Lipinski definition) is 4. The normalized spacial score (nSPS) is 19.5. The summed E-state index contributed by atoms with van der Waals surface area (Å²) < 4.78 is 5.26. The molecule has 19 heavy (non-hydrogen) atoms. The van der Waals surface area contributed by atoms with Crippen molar-refractivity contribution in [3.8, 4) is 0 Å². The van der Waals surface area contributed by atoms with E-state index in [0.29, 0.717) is 5.92 Å². The molecule has 1 rings (SSSR count). The summed E-state index contributed by atoms with van der Waals surface area (Å²) in [6.45, 7) is 3.52. The largest absolute Gasteiger partial charge is 0.479 e. The lowest BCUT2D eigenvalue weighted by molar-refractivity contribution is -0.146. The average Bonchev–Trinajstić information content (AvgIpc) is 2.39. The molecule has 2 atom stereocenters. The Morgan fingerprint density at radius 3 is 2.58 bits per heavy atom. The van der Waals surface area contributed by atoms with Gasteiger partial charge in [-0.15, -0.1) is 0 Å². The molecule has 0 aromatic carbocycles. The summed E-state index contributed by atoms with van der Waals surface area (Å²) in [5.41, 5.74) is 0. The van der Waals surface area contributed by atoms with Gasteiger partial charge in [0, 0.05) is 32.2 Å². The van der Waals surface area contributed by atoms with E-state index in [0.717, 1.165) is 26.1 Å². The van der Waals surface area contributed by atoms with Crippen LogP contribution in [0.1, 0.15) is 26.2 Å². The molecule has 1 aliphatic rings. The second kappa shape index (κ2) is 7.96. The van der Waals surface area contributed by atoms with E-state index in [9.17, 15) is 9.59 Å². The number of ether oxygens (including phenoxy) is 1. The Bertz CT molecular complexity index is 304. The molecular formula is C12H22N2O5. The van der Waals surface area contributed by atoms with E-state index in [-0.39, 0.29) is 25.0 Å². The van der Waals surface area contributed by atoms with Crippen molar-refractivity contribution in [3.05, 3.63) is 0 Å². The van der Waals surface area contributed by atoms with E-state index < -0.39 is 12.1 Å². The van der Waals surface area contributed by atoms with Crippen LogP contribution >= 0.6 is 0 Å². The van der Waals surface area contributed by atoms with Crippen LogP contribution in [0.5, 0.6) is 0 Å². The predicted molar refractivity (Wildman–Crippen MR) is 67.8 cm³/mol. The lowest BCUT2D eigenvalue weighted by atomic mass is 9.93. The number of carboxylic acid groups (broad SMARTS) is 1. The second-order valence-electron chi connectivity index (χ2n) is 4.78. The Morgan fingerprint density at radius 1 is 1.37 bits per heavy atom. The smallest absolute Gasteiger partial charge is 0.332 e. The van der Waals surface area contributed by atoms with Gasteiger partial charge >= 0.3 is 12.0 Å². The van der Waals surface area contributed by atoms with Crippen LogP contribution in [0, 0.1) is 5.92 Å². The van der Waals surface area contributed by atoms with Gasteiger partial charge in [0.25, 0.3) is 0 Å². The SMILES string of the molecule is CC(NC(=O)NCC[C@H](O)C(=O)O)C1CCOCC1. The maximum atomic E-state index is 11.6. The minimum atomic E-state index is -1.44. The Morgan fingerprint density at radius 2 is 2.00 bits per heavy atom. The van der Waals surface area contributed by atoms with Crippen LogP contribution < -0.4 is 10.6 Å². The zero-order valence-corrected chi connectivity index (χ0v) is 11.1. The van der Waals surface area contributed by atoms with Crippen molar-refractivity contribution < 1.29 is 24.5 Å². The van der Waals surface area contributed by atoms with E-state index in [1.807, 2.05) is 6.92 Å². The van der Waals surface area contributed by atoms with Crippen molar-refractivity contribution in [2.75, 3.05) is 19.8 Å². The van der Waals surface area contributed by atoms with Gasteiger partial charge in [0.05, 0.1) is 0 Å². The molecule has 0 aliphatic carbocycles. The Kier molecular flexibility index (Phi) is 6.58. The first-order valence-corrected chi connectivity index (χ1v) is 6.53. The lowest BCUT2D eigenvalue weighted by Crippen LogP contribution is -2.46. The predicted octanol–water partition coefficient (Wildman–Crippen LogP) is -0.0637. The van der Waals surface area contributed by atoms with Gasteiger partial charge in [0.15, 0.2) is 6.10 Å². The second-order valence-corrected chi connectivity index (χ2v) is 4.78. The number of urea groups is 1. The minimum Gasteiger partial charge on any atom is -0.479 e. The number of aliphatic hydroxyl groups is 1. The van der Waals surface area contributed by atoms with Crippen molar-refractivity contribution in [1.82, 2.24) is 10.6 Å². The fourth-order valence-corrected chi connectivity index (χ4v) is 2.04. The molecule has 7 nitrogen and oxygen atoms in total. The zero-order valence-electron chi connectivity index (χ0n) is 11.1. The van der Waals surface area contributed by atoms with Crippen LogP contribution in [-0.4, -0.2) is 54.1 Å². The zero-order chi connectivity index (χ0) is 14.3. The molecule has 1 aliphatic heterocycles. The average molecular weight is 274 g/mol. The van der Waals surface area contributed by atoms with Crippen LogP contribution in [0.4, 0.5) is 4.79 Å². The van der Waals surface area contributed by atoms with E-state index in [1.165, 1.54) is 0 Å². The Hall–Kier alpha value is -1.34. The van der Waals surface area contributed by atoms with Crippen LogP contribution in [0.25, 0.3) is 0 Å². The van der Waals surface area contributed by atoms with Crippen molar-refractivity contribution in [1.29, 1.82) is 0 Å². The highest BCUT2D eigenvalue weighted by Crippen LogP contribution is 2.18. The molecule has 1 saturated heterocycles. The molecule has 7 heteroatoms. The number of rotatable bonds is 6. The van der Waals surface area contributed by atoms with E-state index in [1.54, 1.807) is 0 Å². The third-order valence-corrected chi connectivity index (χ3v) is 3.32. The number of aliphatic carboxylic acids is 1. The van der Waals surface area contributed by atoms with Crippen molar-refractivity contribution >= 4 is 12.0 Å². The van der Waals surface area contributed by atoms with Crippen molar-refractivity contribution in [3.63, 3.8) is 0 Å². The first-order valence-electron chi connectivity index (χ1n) is 6.53. The van der Waals surface area contributed by atoms with E-state index in [4.69, 9.17) is 14.9 Å². The number of carbonyl (C=O) groups excluding carboxylic acids is 1. The summed E-state index contributed by atoms with van der Waals surface area (Å²) >= 11 is 0. The summed E-state index contributed by atoms with van der Waals surface area (Å²) in [6.07, 6.45) is 0.417. The van der Waals surface area contributed by atoms with Gasteiger partial charge in [-0.25, -0.2) is 9.59 Å². The highest BCUT2D eigenvalue weighted by Gasteiger charge is 2.21. The molecule has 2 amide bonds. The molecule has 0 aromatic heterocycles. The summed E-state index contributed by atoms with van der Waals surface area (Å²) in [5, 5.41) is 22.9. The number of aliphatic hydroxyl groups excluding tert-OH is 1. The maximum absolute atomic E-state index is 11.6. The Labute approximate surface area is 112 Å². The minimum absolute atomic E-state index is 0.00555. The molecule has 0 saturated carbocycles. The van der Waals surface area contributed by atoms with Gasteiger partial charge in [-0.1, -0.05) is 0 Å². The molecule has 0 aromatic rings. The first kappa shape index (κ1) is 15.7. The third kappa shape index (κ3) is 5.89. The lowest BCUT2D eigenvalue weighted by Gasteiger charge is -2.28. The van der Waals surface area contributed by atoms with E-state index >= 15 is 0 Å². The quantitative estimate of drug-likeness (QED) is 0.542. The highest BCUT2D eigenvalue weighted by molar-refractivity contribution is 5.74. The molecule has 1 fully saturated rings. The number of hydrogen-bond acceptors (Lipinski definition) is 4. The molecule has 0 spiro atoms. The van der Waals surface area contributed by atoms with E-state index in [2.05, 4.69) is 10.6 Å². The maximum Gasteiger partial charge on any atom is 0.332 e. The number of carbonyl (C=O) groups is 2. The number of carboxylic acids is 1. The van der Waals surface area contributed by atoms with Crippen LogP contribution in [0.15, 0.2) is 0 Å². The monoisotopic (exact) mass is 274 g/mol. The molecule has 110 valence electrons. The van der Waals surface area contributed by atoms with Crippen LogP contribution in [-0.2, 0) is 9.53 Å². The van der Waals surface area contributed by atoms with Gasteiger partial charge in [0.2, 0.25) is 0 Å². The van der Waals surface area contributed by atoms with Gasteiger partial charge in [-0.2, -0.15) is 0 Å². The van der Waals surface area contributed by atoms with Crippen molar-refractivity contribution in [2.45, 2.75) is 38.3 Å². The number of amides is 2. The molecule has 4 N–H and O–H groups in total. The van der Waals surface area contributed by atoms with Crippen LogP contribution in [0.3, 0.4) is 0 Å². The molecule has 0 radical (unpaired) electrons. The van der Waals surface area contributed by atoms with Crippen molar-refractivity contribution in [2.24, 2.45) is 5.92 Å². The topological polar surface area (TPSA) is 108 Å². The molecular weight excluding hydrogens is 252 g/mol. The molecule has 0 bridgehead atoms. The summed E-state index contributed by atoms with van der Waals surface area (Å²) in [4.78, 5) is 21.9. The molecule has 1 unspecified atom stereocenters. The van der Waals surface area contributed by atoms with Gasteiger partial charge in [-0.3, -0.25) is 0 Å². The summed E-state index contributed by atoms with van der Waals surface area (Å²) in [7, 11) is 0. The Balaban J connectivity index is 2.17. The standard InChI is InChI=1S/C12H22N2O5/c1-8(9-3-6-19-7-4-9)14-12(18)13-5-2-10(15)11(16)17/h8-10,15H,2-7H2,1H3,(H,16,17)(H2,13,14,18)/t8?,10-/m0/s1. The highest BCUT2D eigenvalue weighted by atomic mass is 16.5. The summed E-state index contributed by atoms with van der Waals surface area (Å²) in [6, 6.07) is -0.287. The summed E-state index contributed by atoms with van der Waals surface area (Å²) in [5.74, 6) is -0.873. The number of nitrogens with one attached hydrogen (secondary N) is 2. The fraction of sp³-hybridized carbons (Fsp3) is 0.833. The van der Waals surface area contributed by atoms with Gasteiger partial charge in [-0.05, 0) is 25.7 Å². The van der Waals surface area contributed by atoms with Crippen LogP contribution in [0.2, 0.25) is 0 Å².